The van der Waals surface area contributed by atoms with E-state index < -0.39 is 18.9 Å². The van der Waals surface area contributed by atoms with Gasteiger partial charge in [0, 0.05) is 18.0 Å². The van der Waals surface area contributed by atoms with Crippen LogP contribution in [0, 0.1) is 0 Å². The van der Waals surface area contributed by atoms with Crippen LogP contribution in [0.25, 0.3) is 11.3 Å². The minimum atomic E-state index is -4.33. The maximum absolute atomic E-state index is 12.0. The van der Waals surface area contributed by atoms with Crippen molar-refractivity contribution in [2.24, 2.45) is 0 Å². The largest absolute Gasteiger partial charge is 0.411 e. The van der Waals surface area contributed by atoms with Crippen molar-refractivity contribution in [2.45, 2.75) is 19.2 Å². The number of H-pyrrole nitrogens is 1. The molecule has 19 heavy (non-hydrogen) atoms. The molecule has 0 aliphatic carbocycles. The maximum atomic E-state index is 12.0. The van der Waals surface area contributed by atoms with Crippen LogP contribution in [0.5, 0.6) is 0 Å². The van der Waals surface area contributed by atoms with Crippen molar-refractivity contribution < 1.29 is 17.9 Å². The first-order valence-electron chi connectivity index (χ1n) is 5.60. The summed E-state index contributed by atoms with van der Waals surface area (Å²) in [6.07, 6.45) is -1.86. The molecular weight excluding hydrogens is 259 g/mol. The Kier molecular flexibility index (Phi) is 3.84. The molecule has 4 nitrogen and oxygen atoms in total. The van der Waals surface area contributed by atoms with Gasteiger partial charge in [0.25, 0.3) is 0 Å². The molecule has 0 bridgehead atoms. The first-order valence-corrected chi connectivity index (χ1v) is 5.60. The minimum absolute atomic E-state index is 0.451. The van der Waals surface area contributed by atoms with Gasteiger partial charge in [0.05, 0.1) is 17.5 Å². The lowest BCUT2D eigenvalue weighted by atomic mass is 10.1. The number of hydrogen-bond donors (Lipinski definition) is 1. The van der Waals surface area contributed by atoms with Gasteiger partial charge in [0.1, 0.15) is 6.61 Å². The molecule has 2 aromatic rings. The number of ether oxygens (including phenoxy) is 1. The van der Waals surface area contributed by atoms with Crippen molar-refractivity contribution in [1.82, 2.24) is 15.2 Å². The standard InChI is InChI=1S/C12H12F3N3O/c1-8(19-7-12(13,14)15)10-3-2-9(6-16-10)11-4-5-17-18-11/h2-6,8H,7H2,1H3,(H,17,18). The fourth-order valence-electron chi connectivity index (χ4n) is 1.53. The number of alkyl halides is 3. The average Bonchev–Trinajstić information content (AvgIpc) is 2.89. The zero-order chi connectivity index (χ0) is 13.9. The second kappa shape index (κ2) is 5.40. The van der Waals surface area contributed by atoms with E-state index in [1.807, 2.05) is 0 Å². The molecule has 7 heteroatoms. The van der Waals surface area contributed by atoms with Crippen molar-refractivity contribution in [3.63, 3.8) is 0 Å². The molecule has 2 aromatic heterocycles. The van der Waals surface area contributed by atoms with Crippen LogP contribution in [0.2, 0.25) is 0 Å². The van der Waals surface area contributed by atoms with E-state index in [0.717, 1.165) is 11.3 Å². The minimum Gasteiger partial charge on any atom is -0.363 e. The molecule has 0 fully saturated rings. The second-order valence-corrected chi connectivity index (χ2v) is 4.01. The van der Waals surface area contributed by atoms with Gasteiger partial charge < -0.3 is 4.74 Å². The quantitative estimate of drug-likeness (QED) is 0.929. The number of halogens is 3. The molecule has 102 valence electrons. The van der Waals surface area contributed by atoms with Gasteiger partial charge in [-0.2, -0.15) is 18.3 Å². The molecule has 1 unspecified atom stereocenters. The zero-order valence-corrected chi connectivity index (χ0v) is 10.1. The van der Waals surface area contributed by atoms with E-state index >= 15 is 0 Å². The highest BCUT2D eigenvalue weighted by atomic mass is 19.4. The molecule has 0 saturated heterocycles. The Morgan fingerprint density at radius 3 is 2.63 bits per heavy atom. The number of aromatic amines is 1. The Hall–Kier alpha value is -1.89. The Morgan fingerprint density at radius 1 is 1.32 bits per heavy atom. The van der Waals surface area contributed by atoms with Gasteiger partial charge >= 0.3 is 6.18 Å². The van der Waals surface area contributed by atoms with Crippen LogP contribution in [0.1, 0.15) is 18.7 Å². The van der Waals surface area contributed by atoms with E-state index in [1.54, 1.807) is 30.6 Å². The van der Waals surface area contributed by atoms with Gasteiger partial charge in [0.15, 0.2) is 0 Å². The smallest absolute Gasteiger partial charge is 0.363 e. The normalized spacial score (nSPS) is 13.5. The van der Waals surface area contributed by atoms with Gasteiger partial charge in [-0.25, -0.2) is 0 Å². The first kappa shape index (κ1) is 13.5. The number of pyridine rings is 1. The predicted molar refractivity (Wildman–Crippen MR) is 62.2 cm³/mol. The summed E-state index contributed by atoms with van der Waals surface area (Å²) in [5.41, 5.74) is 2.06. The van der Waals surface area contributed by atoms with Crippen molar-refractivity contribution in [3.05, 3.63) is 36.3 Å². The van der Waals surface area contributed by atoms with Crippen molar-refractivity contribution in [3.8, 4) is 11.3 Å². The number of nitrogens with one attached hydrogen (secondary N) is 1. The Balaban J connectivity index is 2.02. The lowest BCUT2D eigenvalue weighted by Crippen LogP contribution is -2.18. The topological polar surface area (TPSA) is 50.8 Å². The molecule has 0 amide bonds. The zero-order valence-electron chi connectivity index (χ0n) is 10.1. The summed E-state index contributed by atoms with van der Waals surface area (Å²) < 4.78 is 40.8. The number of hydrogen-bond acceptors (Lipinski definition) is 3. The first-order chi connectivity index (χ1) is 8.96. The van der Waals surface area contributed by atoms with Crippen molar-refractivity contribution >= 4 is 0 Å². The lowest BCUT2D eigenvalue weighted by molar-refractivity contribution is -0.184. The number of rotatable bonds is 4. The number of aromatic nitrogens is 3. The van der Waals surface area contributed by atoms with Crippen LogP contribution in [0.3, 0.4) is 0 Å². The third-order valence-electron chi connectivity index (χ3n) is 2.51. The van der Waals surface area contributed by atoms with E-state index in [9.17, 15) is 13.2 Å². The van der Waals surface area contributed by atoms with E-state index in [0.29, 0.717) is 5.69 Å². The average molecular weight is 271 g/mol. The Bertz CT molecular complexity index is 508. The SMILES string of the molecule is CC(OCC(F)(F)F)c1ccc(-c2ccn[nH]2)cn1. The summed E-state index contributed by atoms with van der Waals surface area (Å²) in [5, 5.41) is 6.59. The molecule has 0 aliphatic rings. The van der Waals surface area contributed by atoms with E-state index in [1.165, 1.54) is 6.92 Å². The second-order valence-electron chi connectivity index (χ2n) is 4.01. The summed E-state index contributed by atoms with van der Waals surface area (Å²) in [4.78, 5) is 4.10. The van der Waals surface area contributed by atoms with Crippen LogP contribution >= 0.6 is 0 Å². The third-order valence-corrected chi connectivity index (χ3v) is 2.51. The van der Waals surface area contributed by atoms with E-state index in [4.69, 9.17) is 4.74 Å². The highest BCUT2D eigenvalue weighted by molar-refractivity contribution is 5.56. The molecule has 2 heterocycles. The van der Waals surface area contributed by atoms with Crippen LogP contribution < -0.4 is 0 Å². The summed E-state index contributed by atoms with van der Waals surface area (Å²) >= 11 is 0. The van der Waals surface area contributed by atoms with E-state index in [-0.39, 0.29) is 0 Å². The van der Waals surface area contributed by atoms with Gasteiger partial charge in [-0.05, 0) is 25.1 Å². The summed E-state index contributed by atoms with van der Waals surface area (Å²) in [6.45, 7) is 0.252. The molecule has 0 radical (unpaired) electrons. The molecule has 0 aliphatic heterocycles. The summed E-state index contributed by atoms with van der Waals surface area (Å²) in [5.74, 6) is 0. The highest BCUT2D eigenvalue weighted by Crippen LogP contribution is 2.22. The van der Waals surface area contributed by atoms with Gasteiger partial charge in [0.2, 0.25) is 0 Å². The van der Waals surface area contributed by atoms with Crippen LogP contribution in [0.4, 0.5) is 13.2 Å². The van der Waals surface area contributed by atoms with Crippen LogP contribution in [0.15, 0.2) is 30.6 Å². The lowest BCUT2D eigenvalue weighted by Gasteiger charge is -2.14. The molecule has 0 spiro atoms. The van der Waals surface area contributed by atoms with Crippen molar-refractivity contribution in [1.29, 1.82) is 0 Å². The van der Waals surface area contributed by atoms with Gasteiger partial charge in [-0.3, -0.25) is 10.1 Å². The molecule has 0 saturated carbocycles. The molecular formula is C12H12F3N3O. The maximum Gasteiger partial charge on any atom is 0.411 e. The van der Waals surface area contributed by atoms with Gasteiger partial charge in [-0.15, -0.1) is 0 Å². The Labute approximate surface area is 107 Å². The molecule has 0 aromatic carbocycles. The third kappa shape index (κ3) is 3.78. The molecule has 1 atom stereocenters. The van der Waals surface area contributed by atoms with Gasteiger partial charge in [-0.1, -0.05) is 0 Å². The monoisotopic (exact) mass is 271 g/mol. The van der Waals surface area contributed by atoms with Crippen molar-refractivity contribution in [2.75, 3.05) is 6.61 Å². The summed E-state index contributed by atoms with van der Waals surface area (Å²) in [7, 11) is 0. The summed E-state index contributed by atoms with van der Waals surface area (Å²) in [6, 6.07) is 5.17. The highest BCUT2D eigenvalue weighted by Gasteiger charge is 2.28. The van der Waals surface area contributed by atoms with E-state index in [2.05, 4.69) is 15.2 Å². The fourth-order valence-corrected chi connectivity index (χ4v) is 1.53. The fraction of sp³-hybridized carbons (Fsp3) is 0.333. The van der Waals surface area contributed by atoms with Crippen LogP contribution in [-0.4, -0.2) is 28.0 Å². The van der Waals surface area contributed by atoms with Crippen LogP contribution in [-0.2, 0) is 4.74 Å². The Morgan fingerprint density at radius 2 is 2.11 bits per heavy atom. The molecule has 1 N–H and O–H groups in total. The molecule has 2 rings (SSSR count). The predicted octanol–water partition coefficient (Wildman–Crippen LogP) is 3.11. The number of nitrogens with zero attached hydrogens (tertiary/aromatic N) is 2.